The largest absolute Gasteiger partial charge is 0.426 e. The molecule has 0 aliphatic rings. The average molecular weight is 397 g/mol. The Bertz CT molecular complexity index is 1310. The molecule has 4 aromatic rings. The summed E-state index contributed by atoms with van der Waals surface area (Å²) in [5.74, 6) is 0.0450. The van der Waals surface area contributed by atoms with Crippen molar-refractivity contribution in [2.24, 2.45) is 7.05 Å². The molecule has 6 nitrogen and oxygen atoms in total. The molecule has 0 unspecified atom stereocenters. The van der Waals surface area contributed by atoms with Crippen molar-refractivity contribution in [2.45, 2.75) is 13.0 Å². The van der Waals surface area contributed by atoms with Crippen LogP contribution in [0, 0.1) is 11.3 Å². The minimum Gasteiger partial charge on any atom is -0.426 e. The lowest BCUT2D eigenvalue weighted by atomic mass is 10.0. The molecule has 4 rings (SSSR count). The molecule has 0 fully saturated rings. The first kappa shape index (κ1) is 19.2. The van der Waals surface area contributed by atoms with Gasteiger partial charge in [-0.1, -0.05) is 36.4 Å². The molecule has 0 saturated carbocycles. The lowest BCUT2D eigenvalue weighted by Gasteiger charge is -2.07. The molecule has 0 spiro atoms. The van der Waals surface area contributed by atoms with Gasteiger partial charge in [-0.2, -0.15) is 5.26 Å². The summed E-state index contributed by atoms with van der Waals surface area (Å²) in [5, 5.41) is 8.89. The fraction of sp³-hybridized carbons (Fsp3) is 0.125. The second-order valence-electron chi connectivity index (χ2n) is 6.92. The third-order valence-corrected chi connectivity index (χ3v) is 5.02. The molecule has 0 bridgehead atoms. The molecule has 30 heavy (non-hydrogen) atoms. The number of ether oxygens (including phenoxy) is 1. The first-order valence-corrected chi connectivity index (χ1v) is 9.52. The lowest BCUT2D eigenvalue weighted by Crippen LogP contribution is -2.24. The molecule has 0 radical (unpaired) electrons. The third kappa shape index (κ3) is 3.74. The van der Waals surface area contributed by atoms with E-state index < -0.39 is 5.97 Å². The second-order valence-corrected chi connectivity index (χ2v) is 6.92. The Labute approximate surface area is 173 Å². The first-order chi connectivity index (χ1) is 14.6. The number of aryl methyl sites for hydroxylation is 2. The van der Waals surface area contributed by atoms with Crippen LogP contribution in [0.1, 0.15) is 12.0 Å². The van der Waals surface area contributed by atoms with Crippen molar-refractivity contribution in [3.05, 3.63) is 88.8 Å². The van der Waals surface area contributed by atoms with Gasteiger partial charge in [0, 0.05) is 13.6 Å². The van der Waals surface area contributed by atoms with Crippen molar-refractivity contribution >= 4 is 17.0 Å². The molecule has 0 atom stereocenters. The van der Waals surface area contributed by atoms with E-state index in [-0.39, 0.29) is 18.7 Å². The number of hydrogen-bond donors (Lipinski definition) is 0. The zero-order valence-corrected chi connectivity index (χ0v) is 16.4. The van der Waals surface area contributed by atoms with Crippen LogP contribution in [0.3, 0.4) is 0 Å². The van der Waals surface area contributed by atoms with Gasteiger partial charge in [-0.3, -0.25) is 13.9 Å². The molecule has 0 amide bonds. The van der Waals surface area contributed by atoms with Gasteiger partial charge in [-0.05, 0) is 47.5 Å². The zero-order chi connectivity index (χ0) is 21.1. The van der Waals surface area contributed by atoms with Gasteiger partial charge >= 0.3 is 11.7 Å². The van der Waals surface area contributed by atoms with Crippen molar-refractivity contribution in [3.63, 3.8) is 0 Å². The molecule has 148 valence electrons. The topological polar surface area (TPSA) is 77.0 Å². The highest BCUT2D eigenvalue weighted by Gasteiger charge is 2.12. The fourth-order valence-electron chi connectivity index (χ4n) is 3.42. The summed E-state index contributed by atoms with van der Waals surface area (Å²) in [4.78, 5) is 24.7. The molecular weight excluding hydrogens is 378 g/mol. The highest BCUT2D eigenvalue weighted by molar-refractivity contribution is 5.77. The number of para-hydroxylation sites is 2. The van der Waals surface area contributed by atoms with E-state index in [4.69, 9.17) is 10.00 Å². The van der Waals surface area contributed by atoms with Gasteiger partial charge in [0.15, 0.2) is 0 Å². The molecule has 6 heteroatoms. The van der Waals surface area contributed by atoms with Crippen LogP contribution < -0.4 is 10.4 Å². The molecule has 0 saturated heterocycles. The predicted octanol–water partition coefficient (Wildman–Crippen LogP) is 3.87. The van der Waals surface area contributed by atoms with E-state index in [1.165, 1.54) is 0 Å². The van der Waals surface area contributed by atoms with E-state index in [1.807, 2.05) is 48.5 Å². The molecule has 3 aromatic carbocycles. The number of rotatable bonds is 5. The monoisotopic (exact) mass is 397 g/mol. The van der Waals surface area contributed by atoms with Crippen molar-refractivity contribution in [2.75, 3.05) is 0 Å². The van der Waals surface area contributed by atoms with Gasteiger partial charge in [0.2, 0.25) is 0 Å². The molecular formula is C24H19N3O3. The molecule has 1 heterocycles. The predicted molar refractivity (Wildman–Crippen MR) is 114 cm³/mol. The minimum absolute atomic E-state index is 0.0886. The van der Waals surface area contributed by atoms with E-state index in [1.54, 1.807) is 40.4 Å². The quantitative estimate of drug-likeness (QED) is 0.378. The average Bonchev–Trinajstić information content (AvgIpc) is 3.03. The first-order valence-electron chi connectivity index (χ1n) is 9.52. The SMILES string of the molecule is Cn1c(=O)n(CCC(=O)Oc2ccc(-c3ccc(C#N)cc3)cc2)c2ccccc21. The van der Waals surface area contributed by atoms with Crippen LogP contribution in [0.5, 0.6) is 5.75 Å². The van der Waals surface area contributed by atoms with Crippen LogP contribution in [0.25, 0.3) is 22.2 Å². The van der Waals surface area contributed by atoms with Gasteiger partial charge in [0.05, 0.1) is 29.1 Å². The Balaban J connectivity index is 1.42. The number of nitriles is 1. The highest BCUT2D eigenvalue weighted by Crippen LogP contribution is 2.23. The smallest absolute Gasteiger partial charge is 0.328 e. The van der Waals surface area contributed by atoms with Gasteiger partial charge in [0.1, 0.15) is 5.75 Å². The number of imidazole rings is 1. The van der Waals surface area contributed by atoms with E-state index in [9.17, 15) is 9.59 Å². The number of benzene rings is 3. The fourth-order valence-corrected chi connectivity index (χ4v) is 3.42. The van der Waals surface area contributed by atoms with Gasteiger partial charge in [0.25, 0.3) is 0 Å². The van der Waals surface area contributed by atoms with E-state index in [0.717, 1.165) is 22.2 Å². The van der Waals surface area contributed by atoms with Crippen molar-refractivity contribution < 1.29 is 9.53 Å². The van der Waals surface area contributed by atoms with Crippen molar-refractivity contribution in [1.29, 1.82) is 5.26 Å². The number of esters is 1. The summed E-state index contributed by atoms with van der Waals surface area (Å²) in [5.41, 5.74) is 4.01. The van der Waals surface area contributed by atoms with E-state index in [2.05, 4.69) is 6.07 Å². The zero-order valence-electron chi connectivity index (χ0n) is 16.4. The number of hydrogen-bond acceptors (Lipinski definition) is 4. The molecule has 1 aromatic heterocycles. The number of fused-ring (bicyclic) bond motifs is 1. The van der Waals surface area contributed by atoms with Crippen molar-refractivity contribution in [1.82, 2.24) is 9.13 Å². The number of nitrogens with zero attached hydrogens (tertiary/aromatic N) is 3. The molecule has 0 N–H and O–H groups in total. The highest BCUT2D eigenvalue weighted by atomic mass is 16.5. The summed E-state index contributed by atoms with van der Waals surface area (Å²) in [6.07, 6.45) is 0.0886. The Kier molecular flexibility index (Phi) is 5.19. The summed E-state index contributed by atoms with van der Waals surface area (Å²) >= 11 is 0. The summed E-state index contributed by atoms with van der Waals surface area (Å²) in [6.45, 7) is 0.252. The van der Waals surface area contributed by atoms with Crippen LogP contribution in [0.2, 0.25) is 0 Å². The van der Waals surface area contributed by atoms with Crippen molar-refractivity contribution in [3.8, 4) is 22.9 Å². The Hall–Kier alpha value is -4.11. The summed E-state index contributed by atoms with van der Waals surface area (Å²) in [7, 11) is 1.72. The number of carbonyl (C=O) groups excluding carboxylic acids is 1. The maximum atomic E-state index is 12.4. The second kappa shape index (κ2) is 8.10. The molecule has 0 aliphatic carbocycles. The van der Waals surface area contributed by atoms with Crippen LogP contribution >= 0.6 is 0 Å². The Morgan fingerprint density at radius 1 is 0.933 bits per heavy atom. The van der Waals surface area contributed by atoms with E-state index in [0.29, 0.717) is 11.3 Å². The third-order valence-electron chi connectivity index (χ3n) is 5.02. The summed E-state index contributed by atoms with van der Waals surface area (Å²) < 4.78 is 8.58. The minimum atomic E-state index is -0.402. The van der Waals surface area contributed by atoms with Crippen LogP contribution in [0.4, 0.5) is 0 Å². The van der Waals surface area contributed by atoms with E-state index >= 15 is 0 Å². The van der Waals surface area contributed by atoms with Gasteiger partial charge < -0.3 is 4.74 Å². The van der Waals surface area contributed by atoms with Gasteiger partial charge in [-0.25, -0.2) is 4.79 Å². The van der Waals surface area contributed by atoms with Crippen LogP contribution in [-0.2, 0) is 18.4 Å². The summed E-state index contributed by atoms with van der Waals surface area (Å²) in [6, 6.07) is 24.0. The Morgan fingerprint density at radius 2 is 1.53 bits per heavy atom. The van der Waals surface area contributed by atoms with Gasteiger partial charge in [-0.15, -0.1) is 0 Å². The lowest BCUT2D eigenvalue weighted by molar-refractivity contribution is -0.134. The molecule has 0 aliphatic heterocycles. The maximum Gasteiger partial charge on any atom is 0.328 e. The maximum absolute atomic E-state index is 12.4. The standard InChI is InChI=1S/C24H19N3O3/c1-26-21-4-2-3-5-22(21)27(24(26)29)15-14-23(28)30-20-12-10-19(11-13-20)18-8-6-17(16-25)7-9-18/h2-13H,14-15H2,1H3. The van der Waals surface area contributed by atoms with Crippen LogP contribution in [0.15, 0.2) is 77.6 Å². The normalized spacial score (nSPS) is 10.7. The van der Waals surface area contributed by atoms with Crippen LogP contribution in [-0.4, -0.2) is 15.1 Å². The number of aromatic nitrogens is 2. The Morgan fingerprint density at radius 3 is 2.17 bits per heavy atom. The number of carbonyl (C=O) groups is 1.